The average Bonchev–Trinajstić information content (AvgIpc) is 2.98. The number of carbonyl (C=O) groups excluding carboxylic acids is 2. The molecule has 0 bridgehead atoms. The zero-order valence-corrected chi connectivity index (χ0v) is 14.0. The molecule has 2 amide bonds. The van der Waals surface area contributed by atoms with E-state index in [0.29, 0.717) is 25.9 Å². The molecule has 0 unspecified atom stereocenters. The summed E-state index contributed by atoms with van der Waals surface area (Å²) in [5, 5.41) is 0. The second-order valence-corrected chi connectivity index (χ2v) is 6.08. The van der Waals surface area contributed by atoms with E-state index in [0.717, 1.165) is 4.57 Å². The Morgan fingerprint density at radius 3 is 2.60 bits per heavy atom. The molecule has 1 aromatic heterocycles. The number of imidazole rings is 1. The van der Waals surface area contributed by atoms with Gasteiger partial charge < -0.3 is 14.4 Å². The van der Waals surface area contributed by atoms with Gasteiger partial charge in [-0.15, -0.1) is 0 Å². The lowest BCUT2D eigenvalue weighted by atomic mass is 9.95. The van der Waals surface area contributed by atoms with Crippen LogP contribution in [0.15, 0.2) is 25.0 Å². The van der Waals surface area contributed by atoms with Crippen molar-refractivity contribution in [3.05, 3.63) is 30.9 Å². The van der Waals surface area contributed by atoms with Crippen LogP contribution >= 0.6 is 0 Å². The first-order valence-corrected chi connectivity index (χ1v) is 7.94. The van der Waals surface area contributed by atoms with Crippen molar-refractivity contribution in [2.45, 2.75) is 32.1 Å². The topological polar surface area (TPSA) is 58.4 Å². The fourth-order valence-electron chi connectivity index (χ4n) is 2.91. The number of hydrogen-bond acceptors (Lipinski definition) is 3. The van der Waals surface area contributed by atoms with E-state index in [1.165, 1.54) is 23.4 Å². The zero-order valence-electron chi connectivity index (χ0n) is 14.0. The maximum absolute atomic E-state index is 12.5. The lowest BCUT2D eigenvalue weighted by molar-refractivity contribution is -0.141. The van der Waals surface area contributed by atoms with Crippen molar-refractivity contribution < 1.29 is 22.8 Å². The molecule has 0 N–H and O–H groups in total. The average molecular weight is 358 g/mol. The number of hydrogen-bond donors (Lipinski definition) is 0. The Bertz CT molecular complexity index is 634. The Morgan fingerprint density at radius 2 is 2.04 bits per heavy atom. The molecule has 1 aliphatic rings. The number of rotatable bonds is 5. The smallest absolute Gasteiger partial charge is 0.339 e. The summed E-state index contributed by atoms with van der Waals surface area (Å²) in [5.41, 5.74) is 0. The zero-order chi connectivity index (χ0) is 18.6. The number of nitrogens with zero attached hydrogens (tertiary/aromatic N) is 4. The van der Waals surface area contributed by atoms with Crippen LogP contribution in [0.25, 0.3) is 0 Å². The lowest BCUT2D eigenvalue weighted by Crippen LogP contribution is -2.43. The van der Waals surface area contributed by atoms with Crippen molar-refractivity contribution in [2.24, 2.45) is 5.92 Å². The van der Waals surface area contributed by atoms with Gasteiger partial charge in [0, 0.05) is 38.4 Å². The van der Waals surface area contributed by atoms with Crippen LogP contribution in [0.2, 0.25) is 0 Å². The summed E-state index contributed by atoms with van der Waals surface area (Å²) < 4.78 is 38.6. The third kappa shape index (κ3) is 5.07. The number of carbonyl (C=O) groups is 2. The fraction of sp³-hybridized carbons (Fsp3) is 0.562. The molecule has 0 spiro atoms. The van der Waals surface area contributed by atoms with Gasteiger partial charge in [0.05, 0.1) is 6.54 Å². The van der Waals surface area contributed by atoms with Crippen molar-refractivity contribution in [3.63, 3.8) is 0 Å². The van der Waals surface area contributed by atoms with Crippen molar-refractivity contribution in [3.8, 4) is 0 Å². The largest absolute Gasteiger partial charge is 0.406 e. The van der Waals surface area contributed by atoms with Crippen molar-refractivity contribution in [1.82, 2.24) is 19.4 Å². The molecule has 0 radical (unpaired) electrons. The Morgan fingerprint density at radius 1 is 1.40 bits per heavy atom. The molecular formula is C16H21F3N4O2. The van der Waals surface area contributed by atoms with Gasteiger partial charge in [-0.2, -0.15) is 13.2 Å². The minimum Gasteiger partial charge on any atom is -0.339 e. The van der Waals surface area contributed by atoms with E-state index in [1.54, 1.807) is 11.9 Å². The first-order valence-electron chi connectivity index (χ1n) is 7.94. The first kappa shape index (κ1) is 19.0. The molecule has 1 fully saturated rings. The molecule has 0 atom stereocenters. The summed E-state index contributed by atoms with van der Waals surface area (Å²) >= 11 is 0. The van der Waals surface area contributed by atoms with Crippen molar-refractivity contribution >= 4 is 11.8 Å². The molecule has 1 aromatic rings. The van der Waals surface area contributed by atoms with Gasteiger partial charge in [0.1, 0.15) is 12.4 Å². The quantitative estimate of drug-likeness (QED) is 0.755. The number of halogens is 3. The molecule has 0 saturated carbocycles. The van der Waals surface area contributed by atoms with Crippen LogP contribution in [-0.4, -0.2) is 57.5 Å². The second kappa shape index (κ2) is 7.71. The summed E-state index contributed by atoms with van der Waals surface area (Å²) in [5.74, 6) is -0.363. The molecular weight excluding hydrogens is 337 g/mol. The highest BCUT2D eigenvalue weighted by Gasteiger charge is 2.31. The third-order valence-electron chi connectivity index (χ3n) is 4.24. The summed E-state index contributed by atoms with van der Waals surface area (Å²) in [6.07, 6.45) is 0.496. The van der Waals surface area contributed by atoms with E-state index < -0.39 is 12.7 Å². The van der Waals surface area contributed by atoms with E-state index in [1.807, 2.05) is 0 Å². The van der Waals surface area contributed by atoms with Crippen LogP contribution in [0.3, 0.4) is 0 Å². The van der Waals surface area contributed by atoms with Crippen LogP contribution in [0.1, 0.15) is 18.7 Å². The number of amides is 2. The van der Waals surface area contributed by atoms with Gasteiger partial charge in [-0.05, 0) is 18.9 Å². The minimum absolute atomic E-state index is 0.00765. The Labute approximate surface area is 143 Å². The highest BCUT2D eigenvalue weighted by atomic mass is 19.4. The second-order valence-electron chi connectivity index (χ2n) is 6.08. The molecule has 0 aliphatic carbocycles. The SMILES string of the molecule is C=CC(=O)N1CCC(C(=O)N(C)Cc2nccn2CC(F)(F)F)CC1. The number of aromatic nitrogens is 2. The van der Waals surface area contributed by atoms with Crippen LogP contribution in [0, 0.1) is 5.92 Å². The molecule has 2 rings (SSSR count). The van der Waals surface area contributed by atoms with Gasteiger partial charge in [0.2, 0.25) is 11.8 Å². The molecule has 9 heteroatoms. The van der Waals surface area contributed by atoms with Crippen LogP contribution in [0.5, 0.6) is 0 Å². The molecule has 138 valence electrons. The number of piperidine rings is 1. The Kier molecular flexibility index (Phi) is 5.86. The number of likely N-dealkylation sites (tertiary alicyclic amines) is 1. The highest BCUT2D eigenvalue weighted by Crippen LogP contribution is 2.21. The first-order chi connectivity index (χ1) is 11.7. The fourth-order valence-corrected chi connectivity index (χ4v) is 2.91. The van der Waals surface area contributed by atoms with Crippen molar-refractivity contribution in [1.29, 1.82) is 0 Å². The molecule has 0 aromatic carbocycles. The van der Waals surface area contributed by atoms with Crippen molar-refractivity contribution in [2.75, 3.05) is 20.1 Å². The third-order valence-corrected chi connectivity index (χ3v) is 4.24. The standard InChI is InChI=1S/C16H21F3N4O2/c1-3-14(24)22-7-4-12(5-8-22)15(25)21(2)10-13-20-6-9-23(13)11-16(17,18)19/h3,6,9,12H,1,4-5,7-8,10-11H2,2H3. The Hall–Kier alpha value is -2.32. The summed E-state index contributed by atoms with van der Waals surface area (Å²) in [6, 6.07) is 0. The van der Waals surface area contributed by atoms with E-state index in [-0.39, 0.29) is 30.1 Å². The van der Waals surface area contributed by atoms with E-state index >= 15 is 0 Å². The minimum atomic E-state index is -4.34. The predicted molar refractivity (Wildman–Crippen MR) is 84.3 cm³/mol. The van der Waals surface area contributed by atoms with Gasteiger partial charge in [-0.1, -0.05) is 6.58 Å². The maximum Gasteiger partial charge on any atom is 0.406 e. The summed E-state index contributed by atoms with van der Waals surface area (Å²) in [4.78, 5) is 31.0. The molecule has 6 nitrogen and oxygen atoms in total. The van der Waals surface area contributed by atoms with Gasteiger partial charge in [-0.3, -0.25) is 9.59 Å². The molecule has 2 heterocycles. The van der Waals surface area contributed by atoms with Gasteiger partial charge in [-0.25, -0.2) is 4.98 Å². The lowest BCUT2D eigenvalue weighted by Gasteiger charge is -2.32. The molecule has 1 saturated heterocycles. The number of alkyl halides is 3. The molecule has 1 aliphatic heterocycles. The predicted octanol–water partition coefficient (Wildman–Crippen LogP) is 1.83. The van der Waals surface area contributed by atoms with Gasteiger partial charge in [0.15, 0.2) is 0 Å². The van der Waals surface area contributed by atoms with Crippen LogP contribution in [0.4, 0.5) is 13.2 Å². The van der Waals surface area contributed by atoms with Crippen LogP contribution < -0.4 is 0 Å². The summed E-state index contributed by atoms with van der Waals surface area (Å²) in [6.45, 7) is 3.25. The highest BCUT2D eigenvalue weighted by molar-refractivity contribution is 5.87. The van der Waals surface area contributed by atoms with E-state index in [2.05, 4.69) is 11.6 Å². The van der Waals surface area contributed by atoms with E-state index in [4.69, 9.17) is 0 Å². The maximum atomic E-state index is 12.5. The van der Waals surface area contributed by atoms with Crippen LogP contribution in [-0.2, 0) is 22.7 Å². The monoisotopic (exact) mass is 358 g/mol. The molecule has 25 heavy (non-hydrogen) atoms. The van der Waals surface area contributed by atoms with Gasteiger partial charge >= 0.3 is 6.18 Å². The normalized spacial score (nSPS) is 15.9. The van der Waals surface area contributed by atoms with Gasteiger partial charge in [0.25, 0.3) is 0 Å². The van der Waals surface area contributed by atoms with E-state index in [9.17, 15) is 22.8 Å². The summed E-state index contributed by atoms with van der Waals surface area (Å²) in [7, 11) is 1.55. The Balaban J connectivity index is 1.92.